The summed E-state index contributed by atoms with van der Waals surface area (Å²) in [6, 6.07) is 9.50. The Morgan fingerprint density at radius 2 is 1.77 bits per heavy atom. The van der Waals surface area contributed by atoms with E-state index in [2.05, 4.69) is 18.8 Å². The van der Waals surface area contributed by atoms with Crippen LogP contribution in [0, 0.1) is 11.8 Å². The number of hydrogen-bond donors (Lipinski definition) is 1. The maximum atomic E-state index is 13.8. The minimum Gasteiger partial charge on any atom is -0.496 e. The van der Waals surface area contributed by atoms with Gasteiger partial charge in [-0.15, -0.1) is 5.92 Å². The zero-order valence-electron chi connectivity index (χ0n) is 19.9. The largest absolute Gasteiger partial charge is 0.496 e. The fourth-order valence-corrected chi connectivity index (χ4v) is 4.07. The van der Waals surface area contributed by atoms with E-state index in [1.807, 2.05) is 62.9 Å². The lowest BCUT2D eigenvalue weighted by Gasteiger charge is -2.32. The van der Waals surface area contributed by atoms with Crippen LogP contribution in [0.25, 0.3) is 10.8 Å². The number of ether oxygens (including phenoxy) is 1. The molecule has 0 radical (unpaired) electrons. The molecule has 2 rings (SSSR count). The fraction of sp³-hybridized carbons (Fsp3) is 0.519. The molecule has 0 saturated carbocycles. The number of carbonyl (C=O) groups is 1. The van der Waals surface area contributed by atoms with Gasteiger partial charge in [0.15, 0.2) is 0 Å². The van der Waals surface area contributed by atoms with Gasteiger partial charge in [-0.25, -0.2) is 0 Å². The van der Waals surface area contributed by atoms with Gasteiger partial charge in [0, 0.05) is 29.5 Å². The van der Waals surface area contributed by atoms with Crippen molar-refractivity contribution >= 4 is 16.7 Å². The first-order valence-corrected chi connectivity index (χ1v) is 11.4. The van der Waals surface area contributed by atoms with Gasteiger partial charge in [-0.2, -0.15) is 0 Å². The molecule has 4 nitrogen and oxygen atoms in total. The van der Waals surface area contributed by atoms with Crippen molar-refractivity contribution in [3.63, 3.8) is 0 Å². The molecular weight excluding hydrogens is 386 g/mol. The Balaban J connectivity index is 2.57. The Kier molecular flexibility index (Phi) is 9.40. The third-order valence-corrected chi connectivity index (χ3v) is 5.51. The summed E-state index contributed by atoms with van der Waals surface area (Å²) < 4.78 is 5.60. The molecule has 0 saturated heterocycles. The molecule has 0 spiro atoms. The van der Waals surface area contributed by atoms with E-state index in [1.54, 1.807) is 7.11 Å². The topological polar surface area (TPSA) is 49.8 Å². The van der Waals surface area contributed by atoms with Gasteiger partial charge in [-0.1, -0.05) is 56.4 Å². The van der Waals surface area contributed by atoms with Gasteiger partial charge >= 0.3 is 0 Å². The first kappa shape index (κ1) is 24.8. The standard InChI is InChI=1S/C27H37NO3/c1-7-8-9-10-11-12-15-23(29)22-18-17-21-14-13-16-24(31-6)25(21)26(22)27(30)28(19(2)3)20(4)5/h13-14,16-20,23,29H,7-11H2,1-6H3/t23-/m0/s1. The molecule has 4 heteroatoms. The molecule has 1 N–H and O–H groups in total. The molecule has 1 amide bonds. The molecule has 0 bridgehead atoms. The van der Waals surface area contributed by atoms with E-state index >= 15 is 0 Å². The smallest absolute Gasteiger partial charge is 0.255 e. The molecule has 0 heterocycles. The van der Waals surface area contributed by atoms with Crippen LogP contribution in [-0.2, 0) is 0 Å². The summed E-state index contributed by atoms with van der Waals surface area (Å²) in [7, 11) is 1.60. The van der Waals surface area contributed by atoms with Crippen molar-refractivity contribution in [2.75, 3.05) is 7.11 Å². The van der Waals surface area contributed by atoms with E-state index in [-0.39, 0.29) is 18.0 Å². The summed E-state index contributed by atoms with van der Waals surface area (Å²) in [6.45, 7) is 10.2. The molecule has 0 aliphatic heterocycles. The van der Waals surface area contributed by atoms with Crippen LogP contribution < -0.4 is 4.74 Å². The van der Waals surface area contributed by atoms with Gasteiger partial charge in [-0.05, 0) is 45.6 Å². The molecular formula is C27H37NO3. The van der Waals surface area contributed by atoms with Crippen molar-refractivity contribution in [2.24, 2.45) is 0 Å². The summed E-state index contributed by atoms with van der Waals surface area (Å²) in [5, 5.41) is 12.6. The van der Waals surface area contributed by atoms with Crippen LogP contribution >= 0.6 is 0 Å². The molecule has 0 aromatic heterocycles. The highest BCUT2D eigenvalue weighted by molar-refractivity contribution is 6.11. The second-order valence-corrected chi connectivity index (χ2v) is 8.52. The molecule has 0 aliphatic rings. The van der Waals surface area contributed by atoms with Crippen LogP contribution in [0.5, 0.6) is 5.75 Å². The number of methoxy groups -OCH3 is 1. The van der Waals surface area contributed by atoms with Crippen molar-refractivity contribution < 1.29 is 14.6 Å². The summed E-state index contributed by atoms with van der Waals surface area (Å²) in [4.78, 5) is 15.6. The number of amides is 1. The number of hydrogen-bond acceptors (Lipinski definition) is 3. The Hall–Kier alpha value is -2.51. The molecule has 2 aromatic carbocycles. The summed E-state index contributed by atoms with van der Waals surface area (Å²) >= 11 is 0. The van der Waals surface area contributed by atoms with Crippen LogP contribution in [-0.4, -0.2) is 35.1 Å². The zero-order valence-corrected chi connectivity index (χ0v) is 19.9. The summed E-state index contributed by atoms with van der Waals surface area (Å²) in [6.07, 6.45) is 4.29. The van der Waals surface area contributed by atoms with Crippen LogP contribution in [0.1, 0.15) is 88.7 Å². The van der Waals surface area contributed by atoms with Crippen molar-refractivity contribution in [2.45, 2.75) is 84.9 Å². The lowest BCUT2D eigenvalue weighted by atomic mass is 9.93. The van der Waals surface area contributed by atoms with Crippen LogP contribution in [0.4, 0.5) is 0 Å². The number of benzene rings is 2. The number of aliphatic hydroxyl groups excluding tert-OH is 1. The predicted octanol–water partition coefficient (Wildman–Crippen LogP) is 6.11. The Morgan fingerprint density at radius 3 is 2.39 bits per heavy atom. The van der Waals surface area contributed by atoms with Crippen LogP contribution in [0.15, 0.2) is 30.3 Å². The molecule has 1 atom stereocenters. The van der Waals surface area contributed by atoms with Crippen molar-refractivity contribution in [3.05, 3.63) is 41.5 Å². The number of unbranched alkanes of at least 4 members (excludes halogenated alkanes) is 4. The summed E-state index contributed by atoms with van der Waals surface area (Å²) in [5.74, 6) is 6.58. The Morgan fingerprint density at radius 1 is 1.06 bits per heavy atom. The number of nitrogens with zero attached hydrogens (tertiary/aromatic N) is 1. The van der Waals surface area contributed by atoms with Gasteiger partial charge in [0.2, 0.25) is 0 Å². The average Bonchev–Trinajstić information content (AvgIpc) is 2.74. The Labute approximate surface area is 187 Å². The third kappa shape index (κ3) is 6.02. The highest BCUT2D eigenvalue weighted by Crippen LogP contribution is 2.35. The predicted molar refractivity (Wildman–Crippen MR) is 128 cm³/mol. The van der Waals surface area contributed by atoms with Gasteiger partial charge in [-0.3, -0.25) is 4.79 Å². The second kappa shape index (κ2) is 11.8. The van der Waals surface area contributed by atoms with Crippen LogP contribution in [0.2, 0.25) is 0 Å². The zero-order chi connectivity index (χ0) is 23.0. The van der Waals surface area contributed by atoms with E-state index in [4.69, 9.17) is 4.74 Å². The van der Waals surface area contributed by atoms with Crippen molar-refractivity contribution in [1.82, 2.24) is 4.90 Å². The SMILES string of the molecule is CCCCCCC#C[C@H](O)c1ccc2cccc(OC)c2c1C(=O)N(C(C)C)C(C)C. The average molecular weight is 424 g/mol. The van der Waals surface area contributed by atoms with E-state index in [0.717, 1.165) is 30.0 Å². The van der Waals surface area contributed by atoms with E-state index < -0.39 is 6.10 Å². The third-order valence-electron chi connectivity index (χ3n) is 5.51. The van der Waals surface area contributed by atoms with Gasteiger partial charge < -0.3 is 14.7 Å². The lowest BCUT2D eigenvalue weighted by Crippen LogP contribution is -2.42. The first-order valence-electron chi connectivity index (χ1n) is 11.4. The summed E-state index contributed by atoms with van der Waals surface area (Å²) in [5.41, 5.74) is 1.01. The second-order valence-electron chi connectivity index (χ2n) is 8.52. The first-order chi connectivity index (χ1) is 14.8. The number of aliphatic hydroxyl groups is 1. The molecule has 0 fully saturated rings. The molecule has 168 valence electrons. The molecule has 0 unspecified atom stereocenters. The number of fused-ring (bicyclic) bond motifs is 1. The monoisotopic (exact) mass is 423 g/mol. The highest BCUT2D eigenvalue weighted by atomic mass is 16.5. The van der Waals surface area contributed by atoms with Gasteiger partial charge in [0.1, 0.15) is 11.9 Å². The number of carbonyl (C=O) groups excluding carboxylic acids is 1. The quantitative estimate of drug-likeness (QED) is 0.391. The maximum Gasteiger partial charge on any atom is 0.255 e. The minimum absolute atomic E-state index is 0.0205. The normalized spacial score (nSPS) is 12.0. The number of rotatable bonds is 9. The van der Waals surface area contributed by atoms with E-state index in [9.17, 15) is 9.90 Å². The van der Waals surface area contributed by atoms with E-state index in [0.29, 0.717) is 16.9 Å². The Bertz CT molecular complexity index is 929. The molecule has 0 aliphatic carbocycles. The fourth-order valence-electron chi connectivity index (χ4n) is 4.07. The minimum atomic E-state index is -1.03. The molecule has 31 heavy (non-hydrogen) atoms. The van der Waals surface area contributed by atoms with Crippen LogP contribution in [0.3, 0.4) is 0 Å². The maximum absolute atomic E-state index is 13.8. The molecule has 2 aromatic rings. The lowest BCUT2D eigenvalue weighted by molar-refractivity contribution is 0.0641. The van der Waals surface area contributed by atoms with Gasteiger partial charge in [0.05, 0.1) is 12.7 Å². The van der Waals surface area contributed by atoms with Crippen molar-refractivity contribution in [3.8, 4) is 17.6 Å². The van der Waals surface area contributed by atoms with Crippen molar-refractivity contribution in [1.29, 1.82) is 0 Å². The van der Waals surface area contributed by atoms with E-state index in [1.165, 1.54) is 12.8 Å². The van der Waals surface area contributed by atoms with Gasteiger partial charge in [0.25, 0.3) is 5.91 Å². The highest BCUT2D eigenvalue weighted by Gasteiger charge is 2.28.